The second kappa shape index (κ2) is 11.4. The minimum atomic E-state index is -0.970. The highest BCUT2D eigenvalue weighted by molar-refractivity contribution is 5.93. The Kier molecular flexibility index (Phi) is 7.76. The van der Waals surface area contributed by atoms with Gasteiger partial charge in [-0.1, -0.05) is 24.3 Å². The smallest absolute Gasteiger partial charge is 0.272 e. The number of allylic oxidation sites excluding steroid dienone is 2. The number of carbonyl (C=O) groups excluding carboxylic acids is 1. The van der Waals surface area contributed by atoms with Crippen LogP contribution in [0.3, 0.4) is 0 Å². The van der Waals surface area contributed by atoms with Crippen molar-refractivity contribution in [3.05, 3.63) is 83.1 Å². The number of methoxy groups -OCH3 is 1. The van der Waals surface area contributed by atoms with Crippen molar-refractivity contribution in [2.24, 2.45) is 11.8 Å². The Morgan fingerprint density at radius 3 is 2.62 bits per heavy atom. The van der Waals surface area contributed by atoms with Gasteiger partial charge in [0.2, 0.25) is 0 Å². The van der Waals surface area contributed by atoms with E-state index < -0.39 is 6.10 Å². The fourth-order valence-electron chi connectivity index (χ4n) is 4.75. The van der Waals surface area contributed by atoms with Crippen LogP contribution in [-0.2, 0) is 16.1 Å². The lowest BCUT2D eigenvalue weighted by molar-refractivity contribution is 0.0400. The highest BCUT2D eigenvalue weighted by atomic mass is 16.5. The van der Waals surface area contributed by atoms with Crippen molar-refractivity contribution < 1.29 is 29.2 Å². The Labute approximate surface area is 217 Å². The van der Waals surface area contributed by atoms with Gasteiger partial charge in [0.1, 0.15) is 30.8 Å². The maximum absolute atomic E-state index is 12.9. The molecule has 0 spiro atoms. The molecule has 2 N–H and O–H groups in total. The number of aromatic nitrogens is 1. The predicted octanol–water partition coefficient (Wildman–Crippen LogP) is 3.41. The highest BCUT2D eigenvalue weighted by Gasteiger charge is 2.37. The molecule has 196 valence electrons. The third kappa shape index (κ3) is 6.14. The average Bonchev–Trinajstić information content (AvgIpc) is 3.76. The van der Waals surface area contributed by atoms with Crippen LogP contribution < -0.4 is 4.74 Å². The maximum Gasteiger partial charge on any atom is 0.272 e. The summed E-state index contributed by atoms with van der Waals surface area (Å²) >= 11 is 0. The topological polar surface area (TPSA) is 101 Å². The molecule has 1 aromatic carbocycles. The molecule has 1 unspecified atom stereocenters. The molecule has 1 saturated carbocycles. The van der Waals surface area contributed by atoms with E-state index in [-0.39, 0.29) is 25.0 Å². The molecule has 1 amide bonds. The zero-order valence-electron chi connectivity index (χ0n) is 21.1. The van der Waals surface area contributed by atoms with Crippen molar-refractivity contribution in [1.82, 2.24) is 9.88 Å². The highest BCUT2D eigenvalue weighted by Crippen LogP contribution is 2.40. The molecule has 3 aliphatic rings. The predicted molar refractivity (Wildman–Crippen MR) is 137 cm³/mol. The number of likely N-dealkylation sites (tertiary alicyclic amines) is 1. The van der Waals surface area contributed by atoms with E-state index in [9.17, 15) is 9.90 Å². The summed E-state index contributed by atoms with van der Waals surface area (Å²) in [5.74, 6) is 3.15. The van der Waals surface area contributed by atoms with Crippen LogP contribution in [0.5, 0.6) is 5.75 Å². The van der Waals surface area contributed by atoms with Gasteiger partial charge in [0.05, 0.1) is 13.7 Å². The van der Waals surface area contributed by atoms with Gasteiger partial charge in [-0.25, -0.2) is 0 Å². The van der Waals surface area contributed by atoms with E-state index in [1.165, 1.54) is 24.6 Å². The largest absolute Gasteiger partial charge is 0.493 e. The van der Waals surface area contributed by atoms with Crippen LogP contribution >= 0.6 is 0 Å². The van der Waals surface area contributed by atoms with E-state index in [0.29, 0.717) is 37.1 Å². The molecule has 2 heterocycles. The van der Waals surface area contributed by atoms with E-state index in [4.69, 9.17) is 19.3 Å². The summed E-state index contributed by atoms with van der Waals surface area (Å²) in [6.07, 6.45) is 8.19. The van der Waals surface area contributed by atoms with E-state index in [2.05, 4.69) is 41.4 Å². The molecule has 1 aromatic heterocycles. The van der Waals surface area contributed by atoms with Crippen molar-refractivity contribution in [2.45, 2.75) is 37.9 Å². The van der Waals surface area contributed by atoms with Gasteiger partial charge in [-0.05, 0) is 60.4 Å². The third-order valence-electron chi connectivity index (χ3n) is 7.23. The van der Waals surface area contributed by atoms with Crippen LogP contribution in [0.1, 0.15) is 46.8 Å². The zero-order valence-corrected chi connectivity index (χ0v) is 21.1. The van der Waals surface area contributed by atoms with Crippen LogP contribution in [0, 0.1) is 11.8 Å². The molecule has 2 aromatic rings. The van der Waals surface area contributed by atoms with Gasteiger partial charge in [-0.15, -0.1) is 0 Å². The first-order valence-corrected chi connectivity index (χ1v) is 12.9. The number of hydrogen-bond donors (Lipinski definition) is 2. The lowest BCUT2D eigenvalue weighted by Crippen LogP contribution is -2.52. The minimum absolute atomic E-state index is 0.0539. The Morgan fingerprint density at radius 1 is 1.14 bits per heavy atom. The van der Waals surface area contributed by atoms with Crippen LogP contribution in [-0.4, -0.2) is 65.5 Å². The number of aliphatic hydroxyl groups is 2. The molecule has 8 heteroatoms. The fraction of sp³-hybridized carbons (Fsp3) is 0.448. The minimum Gasteiger partial charge on any atom is -0.493 e. The van der Waals surface area contributed by atoms with E-state index >= 15 is 0 Å². The number of nitrogens with zero attached hydrogens (tertiary/aromatic N) is 2. The fourth-order valence-corrected chi connectivity index (χ4v) is 4.75. The lowest BCUT2D eigenvalue weighted by atomic mass is 9.81. The van der Waals surface area contributed by atoms with Gasteiger partial charge in [-0.3, -0.25) is 9.78 Å². The standard InChI is InChI=1S/C29H34N2O6/c1-35-28-12-22(8-9-27(28)37-17-19-2-4-20(5-3-19)21-6-7-21)23-14-31(15-23)29(34)26-13-25(10-11-30-26)36-18-24(33)16-32/h2-5,9-13,21-24,32-33H,6-8,14-18H2,1H3/t22?,24-/m1/s1. The Bertz CT molecular complexity index is 1150. The normalized spacial score (nSPS) is 20.4. The summed E-state index contributed by atoms with van der Waals surface area (Å²) in [5.41, 5.74) is 2.86. The average molecular weight is 507 g/mol. The number of hydrogen-bond acceptors (Lipinski definition) is 7. The Morgan fingerprint density at radius 2 is 1.92 bits per heavy atom. The molecule has 5 rings (SSSR count). The van der Waals surface area contributed by atoms with Crippen LogP contribution in [0.15, 0.2) is 66.3 Å². The summed E-state index contributed by atoms with van der Waals surface area (Å²) in [5, 5.41) is 18.4. The van der Waals surface area contributed by atoms with Gasteiger partial charge in [-0.2, -0.15) is 0 Å². The molecular formula is C29H34N2O6. The molecular weight excluding hydrogens is 472 g/mol. The molecule has 37 heavy (non-hydrogen) atoms. The van der Waals surface area contributed by atoms with Crippen molar-refractivity contribution >= 4 is 5.91 Å². The Balaban J connectivity index is 1.11. The summed E-state index contributed by atoms with van der Waals surface area (Å²) in [6, 6.07) is 11.9. The van der Waals surface area contributed by atoms with Gasteiger partial charge in [0, 0.05) is 31.3 Å². The molecule has 1 aliphatic heterocycles. The van der Waals surface area contributed by atoms with Crippen molar-refractivity contribution in [3.8, 4) is 5.75 Å². The Hall–Kier alpha value is -3.36. The quantitative estimate of drug-likeness (QED) is 0.482. The number of rotatable bonds is 11. The number of amides is 1. The van der Waals surface area contributed by atoms with E-state index in [0.717, 1.165) is 29.4 Å². The SMILES string of the molecule is COC1=CC(C2CN(C(=O)c3cc(OC[C@H](O)CO)ccn3)C2)CC=C1OCc1ccc(C2CC2)cc1. The zero-order chi connectivity index (χ0) is 25.8. The number of benzene rings is 1. The summed E-state index contributed by atoms with van der Waals surface area (Å²) < 4.78 is 17.2. The van der Waals surface area contributed by atoms with Crippen LogP contribution in [0.4, 0.5) is 0 Å². The number of aliphatic hydroxyl groups excluding tert-OH is 2. The molecule has 1 saturated heterocycles. The lowest BCUT2D eigenvalue weighted by Gasteiger charge is -2.43. The molecule has 2 atom stereocenters. The number of carbonyl (C=O) groups is 1. The first kappa shape index (κ1) is 25.3. The van der Waals surface area contributed by atoms with Crippen molar-refractivity contribution in [2.75, 3.05) is 33.4 Å². The molecule has 0 bridgehead atoms. The monoisotopic (exact) mass is 506 g/mol. The number of pyridine rings is 1. The van der Waals surface area contributed by atoms with Gasteiger partial charge < -0.3 is 29.3 Å². The van der Waals surface area contributed by atoms with E-state index in [1.54, 1.807) is 24.1 Å². The van der Waals surface area contributed by atoms with Crippen LogP contribution in [0.25, 0.3) is 0 Å². The molecule has 0 radical (unpaired) electrons. The number of ether oxygens (including phenoxy) is 3. The maximum atomic E-state index is 12.9. The third-order valence-corrected chi connectivity index (χ3v) is 7.23. The molecule has 2 fully saturated rings. The van der Waals surface area contributed by atoms with Crippen molar-refractivity contribution in [3.63, 3.8) is 0 Å². The second-order valence-electron chi connectivity index (χ2n) is 10.0. The summed E-state index contributed by atoms with van der Waals surface area (Å²) in [6.45, 7) is 1.35. The second-order valence-corrected chi connectivity index (χ2v) is 10.0. The summed E-state index contributed by atoms with van der Waals surface area (Å²) in [4.78, 5) is 18.9. The van der Waals surface area contributed by atoms with Gasteiger partial charge in [0.25, 0.3) is 5.91 Å². The molecule has 8 nitrogen and oxygen atoms in total. The first-order chi connectivity index (χ1) is 18.0. The van der Waals surface area contributed by atoms with Crippen molar-refractivity contribution in [1.29, 1.82) is 0 Å². The van der Waals surface area contributed by atoms with E-state index in [1.807, 2.05) is 0 Å². The summed E-state index contributed by atoms with van der Waals surface area (Å²) in [7, 11) is 1.66. The van der Waals surface area contributed by atoms with Crippen LogP contribution in [0.2, 0.25) is 0 Å². The molecule has 2 aliphatic carbocycles. The first-order valence-electron chi connectivity index (χ1n) is 12.9. The van der Waals surface area contributed by atoms with Gasteiger partial charge in [0.15, 0.2) is 11.5 Å². The van der Waals surface area contributed by atoms with Gasteiger partial charge >= 0.3 is 0 Å².